The Bertz CT molecular complexity index is 1560. The van der Waals surface area contributed by atoms with Gasteiger partial charge in [0, 0.05) is 17.9 Å². The lowest BCUT2D eigenvalue weighted by Crippen LogP contribution is -2.25. The molecule has 9 nitrogen and oxygen atoms in total. The van der Waals surface area contributed by atoms with E-state index in [9.17, 15) is 9.18 Å². The molecule has 0 saturated heterocycles. The minimum atomic E-state index is -0.291. The van der Waals surface area contributed by atoms with Gasteiger partial charge in [-0.1, -0.05) is 24.3 Å². The van der Waals surface area contributed by atoms with Crippen LogP contribution in [-0.4, -0.2) is 35.5 Å². The van der Waals surface area contributed by atoms with Crippen molar-refractivity contribution in [3.8, 4) is 11.6 Å². The van der Waals surface area contributed by atoms with E-state index in [1.165, 1.54) is 18.5 Å². The van der Waals surface area contributed by atoms with Gasteiger partial charge in [0.25, 0.3) is 0 Å². The molecular formula is C25H20FN7O2. The van der Waals surface area contributed by atoms with Crippen LogP contribution in [0.5, 0.6) is 5.75 Å². The fraction of sp³-hybridized carbons (Fsp3) is 0.160. The summed E-state index contributed by atoms with van der Waals surface area (Å²) in [5.41, 5.74) is 4.10. The van der Waals surface area contributed by atoms with E-state index in [1.807, 2.05) is 37.3 Å². The first-order valence-corrected chi connectivity index (χ1v) is 11.1. The van der Waals surface area contributed by atoms with E-state index in [4.69, 9.17) is 4.74 Å². The van der Waals surface area contributed by atoms with Gasteiger partial charge in [0.05, 0.1) is 5.69 Å². The highest BCUT2D eigenvalue weighted by atomic mass is 19.1. The first-order valence-electron chi connectivity index (χ1n) is 11.1. The van der Waals surface area contributed by atoms with E-state index >= 15 is 0 Å². The first-order chi connectivity index (χ1) is 17.0. The number of rotatable bonds is 5. The number of hydrogen-bond donors (Lipinski definition) is 1. The molecule has 1 aliphatic heterocycles. The van der Waals surface area contributed by atoms with Crippen LogP contribution in [0.1, 0.15) is 34.7 Å². The predicted octanol–water partition coefficient (Wildman–Crippen LogP) is 3.81. The normalized spacial score (nSPS) is 15.1. The van der Waals surface area contributed by atoms with Crippen molar-refractivity contribution in [3.63, 3.8) is 0 Å². The van der Waals surface area contributed by atoms with E-state index in [0.717, 1.165) is 22.4 Å². The van der Waals surface area contributed by atoms with Crippen LogP contribution in [0.4, 0.5) is 10.2 Å². The number of aromatic nitrogens is 6. The SMILES string of the molecule is Cc1nn(-c2ccc3nncn3n2)c2c1[C@@H](c1ccc(OCc3cccc(F)c3)cc1)CC(=O)N2. The minimum absolute atomic E-state index is 0.0968. The van der Waals surface area contributed by atoms with Crippen LogP contribution >= 0.6 is 0 Å². The number of fused-ring (bicyclic) bond motifs is 2. The van der Waals surface area contributed by atoms with Gasteiger partial charge in [-0.05, 0) is 54.4 Å². The molecule has 4 heterocycles. The molecule has 3 aromatic heterocycles. The second-order valence-electron chi connectivity index (χ2n) is 8.38. The molecule has 2 aromatic carbocycles. The van der Waals surface area contributed by atoms with E-state index in [0.29, 0.717) is 29.5 Å². The van der Waals surface area contributed by atoms with Crippen molar-refractivity contribution >= 4 is 17.4 Å². The van der Waals surface area contributed by atoms with E-state index in [1.54, 1.807) is 27.4 Å². The maximum absolute atomic E-state index is 13.4. The molecule has 1 aliphatic rings. The Morgan fingerprint density at radius 2 is 1.97 bits per heavy atom. The molecule has 0 saturated carbocycles. The summed E-state index contributed by atoms with van der Waals surface area (Å²) >= 11 is 0. The number of ether oxygens (including phenoxy) is 1. The van der Waals surface area contributed by atoms with Crippen molar-refractivity contribution < 1.29 is 13.9 Å². The molecule has 5 aromatic rings. The first kappa shape index (κ1) is 21.0. The Morgan fingerprint density at radius 1 is 1.11 bits per heavy atom. The van der Waals surface area contributed by atoms with Crippen LogP contribution in [0.25, 0.3) is 11.5 Å². The number of carbonyl (C=O) groups excluding carboxylic acids is 1. The lowest BCUT2D eigenvalue weighted by molar-refractivity contribution is -0.116. The molecule has 0 radical (unpaired) electrons. The number of nitrogens with one attached hydrogen (secondary N) is 1. The lowest BCUT2D eigenvalue weighted by Gasteiger charge is -2.24. The topological polar surface area (TPSA) is 99.2 Å². The monoisotopic (exact) mass is 469 g/mol. The third-order valence-electron chi connectivity index (χ3n) is 6.04. The van der Waals surface area contributed by atoms with Gasteiger partial charge in [0.15, 0.2) is 11.5 Å². The summed E-state index contributed by atoms with van der Waals surface area (Å²) in [5.74, 6) is 1.26. The minimum Gasteiger partial charge on any atom is -0.489 e. The molecule has 0 fully saturated rings. The third kappa shape index (κ3) is 3.88. The lowest BCUT2D eigenvalue weighted by atomic mass is 9.86. The van der Waals surface area contributed by atoms with Crippen molar-refractivity contribution in [1.29, 1.82) is 0 Å². The average Bonchev–Trinajstić information content (AvgIpc) is 3.46. The highest BCUT2D eigenvalue weighted by Gasteiger charge is 2.33. The fourth-order valence-electron chi connectivity index (χ4n) is 4.42. The number of halogens is 1. The number of anilines is 1. The zero-order valence-electron chi connectivity index (χ0n) is 18.7. The van der Waals surface area contributed by atoms with E-state index in [-0.39, 0.29) is 24.2 Å². The van der Waals surface area contributed by atoms with E-state index < -0.39 is 0 Å². The molecule has 174 valence electrons. The molecule has 10 heteroatoms. The number of amides is 1. The van der Waals surface area contributed by atoms with E-state index in [2.05, 4.69) is 25.7 Å². The molecule has 0 aliphatic carbocycles. The molecular weight excluding hydrogens is 449 g/mol. The quantitative estimate of drug-likeness (QED) is 0.420. The Hall–Kier alpha value is -4.60. The van der Waals surface area contributed by atoms with Gasteiger partial charge < -0.3 is 10.1 Å². The van der Waals surface area contributed by atoms with Crippen molar-refractivity contribution in [3.05, 3.63) is 95.2 Å². The largest absolute Gasteiger partial charge is 0.489 e. The van der Waals surface area contributed by atoms with Gasteiger partial charge in [-0.2, -0.15) is 14.3 Å². The number of nitrogens with zero attached hydrogens (tertiary/aromatic N) is 6. The second kappa shape index (κ2) is 8.32. The predicted molar refractivity (Wildman–Crippen MR) is 125 cm³/mol. The summed E-state index contributed by atoms with van der Waals surface area (Å²) < 4.78 is 22.4. The smallest absolute Gasteiger partial charge is 0.226 e. The van der Waals surface area contributed by atoms with Gasteiger partial charge in [0.1, 0.15) is 30.3 Å². The average molecular weight is 469 g/mol. The summed E-state index contributed by atoms with van der Waals surface area (Å²) in [6.45, 7) is 2.19. The third-order valence-corrected chi connectivity index (χ3v) is 6.04. The molecule has 35 heavy (non-hydrogen) atoms. The summed E-state index contributed by atoms with van der Waals surface area (Å²) in [7, 11) is 0. The van der Waals surface area contributed by atoms with Crippen LogP contribution in [-0.2, 0) is 11.4 Å². The van der Waals surface area contributed by atoms with Gasteiger partial charge in [-0.25, -0.2) is 4.39 Å². The van der Waals surface area contributed by atoms with Crippen LogP contribution in [0.3, 0.4) is 0 Å². The van der Waals surface area contributed by atoms with Crippen molar-refractivity contribution in [1.82, 2.24) is 29.6 Å². The van der Waals surface area contributed by atoms with Gasteiger partial charge in [-0.3, -0.25) is 4.79 Å². The maximum Gasteiger partial charge on any atom is 0.226 e. The van der Waals surface area contributed by atoms with Crippen molar-refractivity contribution in [2.45, 2.75) is 25.9 Å². The summed E-state index contributed by atoms with van der Waals surface area (Å²) in [6.07, 6.45) is 1.82. The standard InChI is InChI=1S/C25H20FN7O2/c1-15-24-20(17-5-7-19(8-6-17)35-13-16-3-2-4-18(26)11-16)12-23(34)28-25(24)33(30-15)22-10-9-21-29-27-14-32(21)31-22/h2-11,14,20H,12-13H2,1H3,(H,28,34)/t20-/m1/s1. The summed E-state index contributed by atoms with van der Waals surface area (Å²) in [4.78, 5) is 12.7. The molecule has 0 unspecified atom stereocenters. The fourth-order valence-corrected chi connectivity index (χ4v) is 4.42. The zero-order valence-corrected chi connectivity index (χ0v) is 18.7. The highest BCUT2D eigenvalue weighted by molar-refractivity contribution is 5.95. The summed E-state index contributed by atoms with van der Waals surface area (Å²) in [6, 6.07) is 17.5. The highest BCUT2D eigenvalue weighted by Crippen LogP contribution is 2.40. The number of hydrogen-bond acceptors (Lipinski definition) is 6. The molecule has 1 atom stereocenters. The van der Waals surface area contributed by atoms with Gasteiger partial charge >= 0.3 is 0 Å². The number of carbonyl (C=O) groups is 1. The maximum atomic E-state index is 13.4. The van der Waals surface area contributed by atoms with Gasteiger partial charge in [-0.15, -0.1) is 15.3 Å². The molecule has 0 bridgehead atoms. The summed E-state index contributed by atoms with van der Waals surface area (Å²) in [5, 5.41) is 20.0. The zero-order chi connectivity index (χ0) is 23.9. The Balaban J connectivity index is 1.29. The Labute approximate surface area is 199 Å². The Morgan fingerprint density at radius 3 is 2.80 bits per heavy atom. The van der Waals surface area contributed by atoms with Crippen molar-refractivity contribution in [2.24, 2.45) is 0 Å². The van der Waals surface area contributed by atoms with Crippen LogP contribution < -0.4 is 10.1 Å². The van der Waals surface area contributed by atoms with Crippen LogP contribution in [0.2, 0.25) is 0 Å². The number of aryl methyl sites for hydroxylation is 1. The number of benzene rings is 2. The second-order valence-corrected chi connectivity index (χ2v) is 8.38. The Kier molecular flexibility index (Phi) is 4.98. The van der Waals surface area contributed by atoms with Crippen LogP contribution in [0.15, 0.2) is 67.0 Å². The molecule has 1 N–H and O–H groups in total. The van der Waals surface area contributed by atoms with Crippen molar-refractivity contribution in [2.75, 3.05) is 5.32 Å². The molecule has 1 amide bonds. The van der Waals surface area contributed by atoms with Gasteiger partial charge in [0.2, 0.25) is 5.91 Å². The van der Waals surface area contributed by atoms with Crippen LogP contribution in [0, 0.1) is 12.7 Å². The molecule has 6 rings (SSSR count). The molecule has 0 spiro atoms.